The summed E-state index contributed by atoms with van der Waals surface area (Å²) < 4.78 is 5.63. The SMILES string of the molecule is C/C(=C\C(=O)c1ccccc1)OC(=O)C12CC3CC(CC(C3)C1)C2. The molecule has 5 rings (SSSR count). The lowest BCUT2D eigenvalue weighted by Crippen LogP contribution is -2.50. The van der Waals surface area contributed by atoms with E-state index in [1.54, 1.807) is 19.1 Å². The predicted molar refractivity (Wildman–Crippen MR) is 91.2 cm³/mol. The Labute approximate surface area is 143 Å². The molecule has 3 nitrogen and oxygen atoms in total. The summed E-state index contributed by atoms with van der Waals surface area (Å²) in [4.78, 5) is 25.1. The van der Waals surface area contributed by atoms with Gasteiger partial charge in [-0.3, -0.25) is 9.59 Å². The van der Waals surface area contributed by atoms with Crippen molar-refractivity contribution < 1.29 is 14.3 Å². The number of hydrogen-bond donors (Lipinski definition) is 0. The molecule has 4 bridgehead atoms. The first-order valence-corrected chi connectivity index (χ1v) is 9.04. The molecule has 0 radical (unpaired) electrons. The molecule has 0 heterocycles. The van der Waals surface area contributed by atoms with Gasteiger partial charge < -0.3 is 4.74 Å². The summed E-state index contributed by atoms with van der Waals surface area (Å²) >= 11 is 0. The van der Waals surface area contributed by atoms with Gasteiger partial charge in [-0.25, -0.2) is 0 Å². The van der Waals surface area contributed by atoms with Gasteiger partial charge in [-0.15, -0.1) is 0 Å². The van der Waals surface area contributed by atoms with Crippen LogP contribution in [0, 0.1) is 23.2 Å². The first-order chi connectivity index (χ1) is 11.5. The second-order valence-corrected chi connectivity index (χ2v) is 8.07. The molecule has 0 aliphatic heterocycles. The Morgan fingerprint density at radius 3 is 2.08 bits per heavy atom. The molecule has 0 saturated heterocycles. The van der Waals surface area contributed by atoms with E-state index in [0.29, 0.717) is 29.1 Å². The highest BCUT2D eigenvalue weighted by Crippen LogP contribution is 2.60. The van der Waals surface area contributed by atoms with Crippen molar-refractivity contribution >= 4 is 11.8 Å². The van der Waals surface area contributed by atoms with Crippen LogP contribution in [0.15, 0.2) is 42.2 Å². The first-order valence-electron chi connectivity index (χ1n) is 9.04. The molecule has 1 aromatic carbocycles. The van der Waals surface area contributed by atoms with Gasteiger partial charge in [0.15, 0.2) is 5.78 Å². The lowest BCUT2D eigenvalue weighted by atomic mass is 9.49. The number of allylic oxidation sites excluding steroid dienone is 2. The van der Waals surface area contributed by atoms with Crippen molar-refractivity contribution in [2.24, 2.45) is 23.2 Å². The molecule has 4 aliphatic rings. The molecular weight excluding hydrogens is 300 g/mol. The van der Waals surface area contributed by atoms with E-state index >= 15 is 0 Å². The van der Waals surface area contributed by atoms with E-state index < -0.39 is 0 Å². The monoisotopic (exact) mass is 324 g/mol. The highest BCUT2D eigenvalue weighted by Gasteiger charge is 2.55. The van der Waals surface area contributed by atoms with Gasteiger partial charge in [0.05, 0.1) is 5.41 Å². The number of carbonyl (C=O) groups excluding carboxylic acids is 2. The van der Waals surface area contributed by atoms with Crippen LogP contribution in [0.25, 0.3) is 0 Å². The number of esters is 1. The quantitative estimate of drug-likeness (QED) is 0.354. The van der Waals surface area contributed by atoms with Gasteiger partial charge in [-0.1, -0.05) is 30.3 Å². The molecule has 0 unspecified atom stereocenters. The molecule has 4 aliphatic carbocycles. The number of hydrogen-bond acceptors (Lipinski definition) is 3. The summed E-state index contributed by atoms with van der Waals surface area (Å²) in [5.74, 6) is 2.31. The minimum absolute atomic E-state index is 0.101. The van der Waals surface area contributed by atoms with Crippen molar-refractivity contribution in [2.45, 2.75) is 45.4 Å². The highest BCUT2D eigenvalue weighted by atomic mass is 16.5. The Hall–Kier alpha value is -1.90. The third-order valence-corrected chi connectivity index (χ3v) is 6.12. The van der Waals surface area contributed by atoms with E-state index in [4.69, 9.17) is 4.74 Å². The van der Waals surface area contributed by atoms with Gasteiger partial charge >= 0.3 is 5.97 Å². The van der Waals surface area contributed by atoms with Crippen molar-refractivity contribution in [3.63, 3.8) is 0 Å². The summed E-state index contributed by atoms with van der Waals surface area (Å²) in [5, 5.41) is 0. The van der Waals surface area contributed by atoms with Crippen molar-refractivity contribution in [2.75, 3.05) is 0 Å². The normalized spacial score (nSPS) is 34.2. The summed E-state index contributed by atoms with van der Waals surface area (Å²) in [6.07, 6.45) is 8.29. The van der Waals surface area contributed by atoms with Crippen LogP contribution in [0.1, 0.15) is 55.8 Å². The zero-order valence-electron chi connectivity index (χ0n) is 14.2. The maximum Gasteiger partial charge on any atom is 0.317 e. The van der Waals surface area contributed by atoms with Crippen LogP contribution < -0.4 is 0 Å². The van der Waals surface area contributed by atoms with Crippen LogP contribution in [0.2, 0.25) is 0 Å². The van der Waals surface area contributed by atoms with Crippen molar-refractivity contribution in [3.8, 4) is 0 Å². The molecule has 4 fully saturated rings. The first kappa shape index (κ1) is 15.6. The molecule has 0 aromatic heterocycles. The molecule has 4 saturated carbocycles. The van der Waals surface area contributed by atoms with Crippen LogP contribution in [0.3, 0.4) is 0 Å². The lowest BCUT2D eigenvalue weighted by molar-refractivity contribution is -0.167. The maximum absolute atomic E-state index is 12.9. The minimum Gasteiger partial charge on any atom is -0.431 e. The topological polar surface area (TPSA) is 43.4 Å². The van der Waals surface area contributed by atoms with Gasteiger partial charge in [-0.05, 0) is 63.2 Å². The Bertz CT molecular complexity index is 651. The zero-order chi connectivity index (χ0) is 16.7. The predicted octanol–water partition coefficient (Wildman–Crippen LogP) is 4.53. The van der Waals surface area contributed by atoms with E-state index in [0.717, 1.165) is 19.3 Å². The number of rotatable bonds is 4. The summed E-state index contributed by atoms with van der Waals surface area (Å²) in [7, 11) is 0. The molecule has 0 amide bonds. The molecule has 3 heteroatoms. The van der Waals surface area contributed by atoms with Crippen LogP contribution in [-0.2, 0) is 9.53 Å². The van der Waals surface area contributed by atoms with Crippen LogP contribution >= 0.6 is 0 Å². The average molecular weight is 324 g/mol. The second-order valence-electron chi connectivity index (χ2n) is 8.07. The van der Waals surface area contributed by atoms with Gasteiger partial charge in [-0.2, -0.15) is 0 Å². The standard InChI is InChI=1S/C21H24O3/c1-14(7-19(22)18-5-3-2-4-6-18)24-20(23)21-11-15-8-16(12-21)10-17(9-15)13-21/h2-7,15-17H,8-13H2,1H3/b14-7+. The van der Waals surface area contributed by atoms with E-state index in [2.05, 4.69) is 0 Å². The zero-order valence-corrected chi connectivity index (χ0v) is 14.2. The summed E-state index contributed by atoms with van der Waals surface area (Å²) in [6, 6.07) is 9.08. The van der Waals surface area contributed by atoms with Crippen LogP contribution in [0.5, 0.6) is 0 Å². The van der Waals surface area contributed by atoms with Crippen molar-refractivity contribution in [1.82, 2.24) is 0 Å². The molecule has 126 valence electrons. The number of carbonyl (C=O) groups is 2. The van der Waals surface area contributed by atoms with E-state index in [1.807, 2.05) is 18.2 Å². The second kappa shape index (κ2) is 5.87. The van der Waals surface area contributed by atoms with Gasteiger partial charge in [0.25, 0.3) is 0 Å². The minimum atomic E-state index is -0.278. The van der Waals surface area contributed by atoms with Gasteiger partial charge in [0.1, 0.15) is 5.76 Å². The maximum atomic E-state index is 12.9. The molecule has 24 heavy (non-hydrogen) atoms. The largest absolute Gasteiger partial charge is 0.431 e. The number of benzene rings is 1. The Morgan fingerprint density at radius 1 is 1.00 bits per heavy atom. The Balaban J connectivity index is 1.46. The summed E-state index contributed by atoms with van der Waals surface area (Å²) in [6.45, 7) is 1.71. The van der Waals surface area contributed by atoms with Crippen LogP contribution in [0.4, 0.5) is 0 Å². The van der Waals surface area contributed by atoms with E-state index in [9.17, 15) is 9.59 Å². The highest BCUT2D eigenvalue weighted by molar-refractivity contribution is 6.04. The lowest BCUT2D eigenvalue weighted by Gasteiger charge is -2.55. The van der Waals surface area contributed by atoms with Crippen molar-refractivity contribution in [3.05, 3.63) is 47.7 Å². The third-order valence-electron chi connectivity index (χ3n) is 6.12. The van der Waals surface area contributed by atoms with E-state index in [1.165, 1.54) is 25.3 Å². The Kier molecular flexibility index (Phi) is 3.82. The van der Waals surface area contributed by atoms with Crippen LogP contribution in [-0.4, -0.2) is 11.8 Å². The fourth-order valence-electron chi connectivity index (χ4n) is 5.51. The molecule has 0 N–H and O–H groups in total. The third kappa shape index (κ3) is 2.81. The number of ketones is 1. The molecule has 1 aromatic rings. The average Bonchev–Trinajstić information content (AvgIpc) is 2.54. The molecule has 0 atom stereocenters. The van der Waals surface area contributed by atoms with Gasteiger partial charge in [0, 0.05) is 11.6 Å². The Morgan fingerprint density at radius 2 is 1.54 bits per heavy atom. The number of ether oxygens (including phenoxy) is 1. The van der Waals surface area contributed by atoms with Crippen molar-refractivity contribution in [1.29, 1.82) is 0 Å². The summed E-state index contributed by atoms with van der Waals surface area (Å²) in [5.41, 5.74) is 0.335. The molecular formula is C21H24O3. The molecule has 0 spiro atoms. The fraction of sp³-hybridized carbons (Fsp3) is 0.524. The fourth-order valence-corrected chi connectivity index (χ4v) is 5.51. The van der Waals surface area contributed by atoms with E-state index in [-0.39, 0.29) is 17.2 Å². The smallest absolute Gasteiger partial charge is 0.317 e. The van der Waals surface area contributed by atoms with Gasteiger partial charge in [0.2, 0.25) is 0 Å².